The SMILES string of the molecule is Cc1sc2nc(CCC(=O)N(C)Cc3cccc(C#N)c3)[nH]c(=O)c2c1C. The van der Waals surface area contributed by atoms with E-state index < -0.39 is 0 Å². The van der Waals surface area contributed by atoms with Crippen LogP contribution in [0.15, 0.2) is 29.1 Å². The van der Waals surface area contributed by atoms with Crippen molar-refractivity contribution in [2.75, 3.05) is 7.05 Å². The Morgan fingerprint density at radius 3 is 2.89 bits per heavy atom. The number of aryl methyl sites for hydroxylation is 3. The molecule has 0 aliphatic heterocycles. The maximum atomic E-state index is 12.4. The summed E-state index contributed by atoms with van der Waals surface area (Å²) in [6.45, 7) is 4.33. The van der Waals surface area contributed by atoms with Crippen LogP contribution in [-0.2, 0) is 17.8 Å². The third-order valence-corrected chi connectivity index (χ3v) is 5.67. The van der Waals surface area contributed by atoms with E-state index in [1.165, 1.54) is 11.3 Å². The fourth-order valence-electron chi connectivity index (χ4n) is 2.94. The van der Waals surface area contributed by atoms with Crippen LogP contribution in [0.3, 0.4) is 0 Å². The molecule has 0 bridgehead atoms. The largest absolute Gasteiger partial charge is 0.341 e. The number of rotatable bonds is 5. The van der Waals surface area contributed by atoms with E-state index in [9.17, 15) is 9.59 Å². The molecule has 0 saturated heterocycles. The van der Waals surface area contributed by atoms with Gasteiger partial charge in [0.2, 0.25) is 5.91 Å². The Morgan fingerprint density at radius 2 is 2.15 bits per heavy atom. The first kappa shape index (κ1) is 18.8. The van der Waals surface area contributed by atoms with Crippen LogP contribution < -0.4 is 5.56 Å². The molecular weight excluding hydrogens is 360 g/mol. The molecule has 138 valence electrons. The highest BCUT2D eigenvalue weighted by atomic mass is 32.1. The number of nitriles is 1. The molecule has 0 fully saturated rings. The lowest BCUT2D eigenvalue weighted by Gasteiger charge is -2.17. The van der Waals surface area contributed by atoms with Gasteiger partial charge in [0.25, 0.3) is 5.56 Å². The zero-order valence-electron chi connectivity index (χ0n) is 15.5. The molecule has 7 heteroatoms. The van der Waals surface area contributed by atoms with E-state index in [1.807, 2.05) is 19.9 Å². The number of nitrogens with one attached hydrogen (secondary N) is 1. The van der Waals surface area contributed by atoms with Gasteiger partial charge in [0.15, 0.2) is 0 Å². The van der Waals surface area contributed by atoms with E-state index in [2.05, 4.69) is 16.0 Å². The fraction of sp³-hybridized carbons (Fsp3) is 0.300. The van der Waals surface area contributed by atoms with Gasteiger partial charge in [0, 0.05) is 31.3 Å². The standard InChI is InChI=1S/C20H20N4O2S/c1-12-13(2)27-20-18(12)19(26)22-16(23-20)7-8-17(25)24(3)11-15-6-4-5-14(9-15)10-21/h4-6,9H,7-8,11H2,1-3H3,(H,22,23,26). The average Bonchev–Trinajstić information content (AvgIpc) is 2.94. The van der Waals surface area contributed by atoms with Crippen molar-refractivity contribution in [1.82, 2.24) is 14.9 Å². The van der Waals surface area contributed by atoms with E-state index >= 15 is 0 Å². The second kappa shape index (κ2) is 7.72. The molecule has 3 rings (SSSR count). The Kier molecular flexibility index (Phi) is 5.38. The summed E-state index contributed by atoms with van der Waals surface area (Å²) in [5, 5.41) is 9.61. The van der Waals surface area contributed by atoms with Gasteiger partial charge in [0.05, 0.1) is 17.0 Å². The first-order valence-corrected chi connectivity index (χ1v) is 9.42. The molecule has 0 aliphatic rings. The maximum Gasteiger partial charge on any atom is 0.259 e. The minimum absolute atomic E-state index is 0.0429. The molecule has 0 atom stereocenters. The van der Waals surface area contributed by atoms with E-state index in [0.29, 0.717) is 29.7 Å². The zero-order chi connectivity index (χ0) is 19.6. The topological polar surface area (TPSA) is 89.8 Å². The number of hydrogen-bond donors (Lipinski definition) is 1. The third-order valence-electron chi connectivity index (χ3n) is 4.57. The smallest absolute Gasteiger partial charge is 0.259 e. The number of amides is 1. The van der Waals surface area contributed by atoms with E-state index in [0.717, 1.165) is 20.8 Å². The number of H-pyrrole nitrogens is 1. The molecule has 0 spiro atoms. The Hall–Kier alpha value is -2.98. The third kappa shape index (κ3) is 4.07. The lowest BCUT2D eigenvalue weighted by Crippen LogP contribution is -2.26. The van der Waals surface area contributed by atoms with Gasteiger partial charge in [-0.3, -0.25) is 9.59 Å². The first-order chi connectivity index (χ1) is 12.9. The van der Waals surface area contributed by atoms with Gasteiger partial charge in [-0.15, -0.1) is 11.3 Å². The molecule has 0 saturated carbocycles. The van der Waals surface area contributed by atoms with E-state index in [4.69, 9.17) is 5.26 Å². The van der Waals surface area contributed by atoms with Crippen LogP contribution in [0.2, 0.25) is 0 Å². The van der Waals surface area contributed by atoms with Gasteiger partial charge in [-0.25, -0.2) is 4.98 Å². The van der Waals surface area contributed by atoms with Gasteiger partial charge in [-0.1, -0.05) is 12.1 Å². The molecule has 27 heavy (non-hydrogen) atoms. The molecule has 0 unspecified atom stereocenters. The van der Waals surface area contributed by atoms with Crippen LogP contribution in [-0.4, -0.2) is 27.8 Å². The number of aromatic amines is 1. The summed E-state index contributed by atoms with van der Waals surface area (Å²) in [5.74, 6) is 0.487. The predicted molar refractivity (Wildman–Crippen MR) is 106 cm³/mol. The first-order valence-electron chi connectivity index (χ1n) is 8.61. The van der Waals surface area contributed by atoms with Crippen LogP contribution in [0.4, 0.5) is 0 Å². The highest BCUT2D eigenvalue weighted by molar-refractivity contribution is 7.18. The number of carbonyl (C=O) groups is 1. The Bertz CT molecular complexity index is 1110. The predicted octanol–water partition coefficient (Wildman–Crippen LogP) is 3.06. The molecular formula is C20H20N4O2S. The summed E-state index contributed by atoms with van der Waals surface area (Å²) in [6.07, 6.45) is 0.634. The molecule has 0 radical (unpaired) electrons. The Balaban J connectivity index is 1.67. The monoisotopic (exact) mass is 380 g/mol. The highest BCUT2D eigenvalue weighted by Crippen LogP contribution is 2.25. The minimum atomic E-state index is -0.147. The van der Waals surface area contributed by atoms with Gasteiger partial charge in [-0.2, -0.15) is 5.26 Å². The summed E-state index contributed by atoms with van der Waals surface area (Å²) >= 11 is 1.50. The van der Waals surface area contributed by atoms with Crippen LogP contribution >= 0.6 is 11.3 Å². The molecule has 1 N–H and O–H groups in total. The van der Waals surface area contributed by atoms with Crippen molar-refractivity contribution in [2.45, 2.75) is 33.2 Å². The normalized spacial score (nSPS) is 10.7. The summed E-state index contributed by atoms with van der Waals surface area (Å²) < 4.78 is 0. The number of carbonyl (C=O) groups excluding carboxylic acids is 1. The van der Waals surface area contributed by atoms with Gasteiger partial charge >= 0.3 is 0 Å². The molecule has 1 amide bonds. The number of hydrogen-bond acceptors (Lipinski definition) is 5. The Morgan fingerprint density at radius 1 is 1.37 bits per heavy atom. The lowest BCUT2D eigenvalue weighted by atomic mass is 10.1. The molecule has 2 heterocycles. The van der Waals surface area contributed by atoms with Crippen molar-refractivity contribution in [1.29, 1.82) is 5.26 Å². The highest BCUT2D eigenvalue weighted by Gasteiger charge is 2.14. The fourth-order valence-corrected chi connectivity index (χ4v) is 3.98. The summed E-state index contributed by atoms with van der Waals surface area (Å²) in [7, 11) is 1.73. The quantitative estimate of drug-likeness (QED) is 0.736. The molecule has 0 aliphatic carbocycles. The maximum absolute atomic E-state index is 12.4. The lowest BCUT2D eigenvalue weighted by molar-refractivity contribution is -0.130. The van der Waals surface area contributed by atoms with Gasteiger partial charge < -0.3 is 9.88 Å². The Labute approximate surface area is 161 Å². The number of benzene rings is 1. The van der Waals surface area contributed by atoms with Crippen LogP contribution in [0.1, 0.15) is 33.8 Å². The average molecular weight is 380 g/mol. The van der Waals surface area contributed by atoms with Crippen LogP contribution in [0, 0.1) is 25.2 Å². The molecule has 2 aromatic heterocycles. The zero-order valence-corrected chi connectivity index (χ0v) is 16.3. The van der Waals surface area contributed by atoms with Crippen molar-refractivity contribution in [3.63, 3.8) is 0 Å². The van der Waals surface area contributed by atoms with E-state index in [1.54, 1.807) is 30.1 Å². The second-order valence-corrected chi connectivity index (χ2v) is 7.74. The van der Waals surface area contributed by atoms with Crippen molar-refractivity contribution >= 4 is 27.5 Å². The van der Waals surface area contributed by atoms with E-state index in [-0.39, 0.29) is 17.9 Å². The summed E-state index contributed by atoms with van der Waals surface area (Å²) in [4.78, 5) is 35.5. The minimum Gasteiger partial charge on any atom is -0.341 e. The number of fused-ring (bicyclic) bond motifs is 1. The number of nitrogens with zero attached hydrogens (tertiary/aromatic N) is 3. The summed E-state index contributed by atoms with van der Waals surface area (Å²) in [5.41, 5.74) is 2.30. The van der Waals surface area contributed by atoms with Gasteiger partial charge in [-0.05, 0) is 37.1 Å². The van der Waals surface area contributed by atoms with Crippen molar-refractivity contribution in [2.24, 2.45) is 0 Å². The molecule has 6 nitrogen and oxygen atoms in total. The van der Waals surface area contributed by atoms with Crippen molar-refractivity contribution in [3.8, 4) is 6.07 Å². The number of aromatic nitrogens is 2. The van der Waals surface area contributed by atoms with Crippen molar-refractivity contribution < 1.29 is 4.79 Å². The molecule has 3 aromatic rings. The number of thiophene rings is 1. The van der Waals surface area contributed by atoms with Crippen LogP contribution in [0.25, 0.3) is 10.2 Å². The molecule has 1 aromatic carbocycles. The second-order valence-electron chi connectivity index (χ2n) is 6.54. The summed E-state index contributed by atoms with van der Waals surface area (Å²) in [6, 6.07) is 9.30. The van der Waals surface area contributed by atoms with Crippen LogP contribution in [0.5, 0.6) is 0 Å². The van der Waals surface area contributed by atoms with Crippen molar-refractivity contribution in [3.05, 3.63) is 62.0 Å². The van der Waals surface area contributed by atoms with Gasteiger partial charge in [0.1, 0.15) is 10.7 Å².